The highest BCUT2D eigenvalue weighted by Crippen LogP contribution is 2.21. The van der Waals surface area contributed by atoms with Crippen LogP contribution in [-0.4, -0.2) is 24.0 Å². The molecule has 2 unspecified atom stereocenters. The Morgan fingerprint density at radius 3 is 3.06 bits per heavy atom. The number of carbonyl (C=O) groups excluding carboxylic acids is 1. The predicted molar refractivity (Wildman–Crippen MR) is 63.4 cm³/mol. The second kappa shape index (κ2) is 4.80. The van der Waals surface area contributed by atoms with Crippen molar-refractivity contribution in [1.29, 1.82) is 0 Å². The Bertz CT molecular complexity index is 397. The molecule has 2 N–H and O–H groups in total. The number of amides is 1. The van der Waals surface area contributed by atoms with Crippen molar-refractivity contribution in [2.75, 3.05) is 18.4 Å². The lowest BCUT2D eigenvalue weighted by molar-refractivity contribution is -0.120. The molecule has 0 radical (unpaired) electrons. The van der Waals surface area contributed by atoms with Crippen LogP contribution in [0.25, 0.3) is 0 Å². The van der Waals surface area contributed by atoms with Crippen molar-refractivity contribution in [1.82, 2.24) is 10.3 Å². The van der Waals surface area contributed by atoms with Gasteiger partial charge in [-0.05, 0) is 24.6 Å². The van der Waals surface area contributed by atoms with Gasteiger partial charge in [0.05, 0.1) is 10.9 Å². The van der Waals surface area contributed by atoms with Gasteiger partial charge in [0.15, 0.2) is 5.82 Å². The Morgan fingerprint density at radius 2 is 2.44 bits per heavy atom. The molecule has 4 nitrogen and oxygen atoms in total. The summed E-state index contributed by atoms with van der Waals surface area (Å²) in [4.78, 5) is 16.0. The smallest absolute Gasteiger partial charge is 0.230 e. The monoisotopic (exact) mass is 239 g/mol. The number of carbonyl (C=O) groups is 1. The van der Waals surface area contributed by atoms with Gasteiger partial charge in [0, 0.05) is 12.7 Å². The SMILES string of the molecule is CC1CNCC1C(=O)Nc1ncccc1Cl. The van der Waals surface area contributed by atoms with Crippen molar-refractivity contribution >= 4 is 23.3 Å². The third kappa shape index (κ3) is 2.33. The highest BCUT2D eigenvalue weighted by atomic mass is 35.5. The van der Waals surface area contributed by atoms with E-state index in [1.165, 1.54) is 0 Å². The van der Waals surface area contributed by atoms with E-state index in [0.29, 0.717) is 16.8 Å². The molecule has 1 saturated heterocycles. The van der Waals surface area contributed by atoms with Crippen LogP contribution < -0.4 is 10.6 Å². The number of anilines is 1. The Labute approximate surface area is 99.4 Å². The number of rotatable bonds is 2. The predicted octanol–water partition coefficient (Wildman–Crippen LogP) is 1.53. The number of halogens is 1. The minimum atomic E-state index is -0.0156. The summed E-state index contributed by atoms with van der Waals surface area (Å²) in [5.74, 6) is 0.770. The van der Waals surface area contributed by atoms with Gasteiger partial charge in [0.1, 0.15) is 0 Å². The van der Waals surface area contributed by atoms with Crippen LogP contribution in [-0.2, 0) is 4.79 Å². The first-order valence-electron chi connectivity index (χ1n) is 5.30. The van der Waals surface area contributed by atoms with E-state index >= 15 is 0 Å². The van der Waals surface area contributed by atoms with Gasteiger partial charge in [0.25, 0.3) is 0 Å². The first-order chi connectivity index (χ1) is 7.68. The fourth-order valence-corrected chi connectivity index (χ4v) is 2.02. The minimum Gasteiger partial charge on any atom is -0.316 e. The molecule has 5 heteroatoms. The molecule has 0 aliphatic carbocycles. The molecule has 1 aromatic rings. The van der Waals surface area contributed by atoms with Crippen molar-refractivity contribution in [2.24, 2.45) is 11.8 Å². The Morgan fingerprint density at radius 1 is 1.62 bits per heavy atom. The van der Waals surface area contributed by atoms with Crippen molar-refractivity contribution < 1.29 is 4.79 Å². The van der Waals surface area contributed by atoms with Gasteiger partial charge >= 0.3 is 0 Å². The maximum absolute atomic E-state index is 11.9. The molecular weight excluding hydrogens is 226 g/mol. The van der Waals surface area contributed by atoms with E-state index in [2.05, 4.69) is 22.5 Å². The van der Waals surface area contributed by atoms with Crippen LogP contribution in [0.15, 0.2) is 18.3 Å². The molecule has 1 aliphatic heterocycles. The zero-order valence-electron chi connectivity index (χ0n) is 9.03. The summed E-state index contributed by atoms with van der Waals surface area (Å²) in [6.45, 7) is 3.66. The van der Waals surface area contributed by atoms with Gasteiger partial charge in [-0.1, -0.05) is 18.5 Å². The molecule has 2 rings (SSSR count). The van der Waals surface area contributed by atoms with Gasteiger partial charge in [-0.25, -0.2) is 4.98 Å². The Hall–Kier alpha value is -1.13. The van der Waals surface area contributed by atoms with Crippen molar-refractivity contribution in [3.63, 3.8) is 0 Å². The third-order valence-electron chi connectivity index (χ3n) is 2.85. The molecule has 1 fully saturated rings. The molecule has 1 aromatic heterocycles. The van der Waals surface area contributed by atoms with Gasteiger partial charge in [-0.2, -0.15) is 0 Å². The average molecular weight is 240 g/mol. The van der Waals surface area contributed by atoms with Crippen LogP contribution >= 0.6 is 11.6 Å². The zero-order valence-corrected chi connectivity index (χ0v) is 9.79. The molecule has 16 heavy (non-hydrogen) atoms. The highest BCUT2D eigenvalue weighted by molar-refractivity contribution is 6.33. The normalized spacial score (nSPS) is 24.4. The van der Waals surface area contributed by atoms with Crippen LogP contribution in [0.5, 0.6) is 0 Å². The number of nitrogens with one attached hydrogen (secondary N) is 2. The van der Waals surface area contributed by atoms with Crippen LogP contribution in [0.3, 0.4) is 0 Å². The zero-order chi connectivity index (χ0) is 11.5. The largest absolute Gasteiger partial charge is 0.316 e. The van der Waals surface area contributed by atoms with Crippen molar-refractivity contribution in [2.45, 2.75) is 6.92 Å². The molecular formula is C11H14ClN3O. The van der Waals surface area contributed by atoms with Crippen LogP contribution in [0.2, 0.25) is 5.02 Å². The molecule has 0 spiro atoms. The van der Waals surface area contributed by atoms with E-state index in [-0.39, 0.29) is 11.8 Å². The van der Waals surface area contributed by atoms with Crippen LogP contribution in [0.1, 0.15) is 6.92 Å². The maximum Gasteiger partial charge on any atom is 0.230 e. The summed E-state index contributed by atoms with van der Waals surface area (Å²) in [6, 6.07) is 3.44. The highest BCUT2D eigenvalue weighted by Gasteiger charge is 2.29. The first-order valence-corrected chi connectivity index (χ1v) is 5.68. The summed E-state index contributed by atoms with van der Waals surface area (Å²) in [7, 11) is 0. The van der Waals surface area contributed by atoms with E-state index in [4.69, 9.17) is 11.6 Å². The third-order valence-corrected chi connectivity index (χ3v) is 3.16. The second-order valence-corrected chi connectivity index (χ2v) is 4.47. The number of nitrogens with zero attached hydrogens (tertiary/aromatic N) is 1. The number of pyridine rings is 1. The lowest BCUT2D eigenvalue weighted by Gasteiger charge is -2.14. The minimum absolute atomic E-state index is 0.00178. The number of hydrogen-bond acceptors (Lipinski definition) is 3. The number of aromatic nitrogens is 1. The van der Waals surface area contributed by atoms with Crippen molar-refractivity contribution in [3.05, 3.63) is 23.4 Å². The van der Waals surface area contributed by atoms with Gasteiger partial charge < -0.3 is 10.6 Å². The van der Waals surface area contributed by atoms with Crippen LogP contribution in [0, 0.1) is 11.8 Å². The summed E-state index contributed by atoms with van der Waals surface area (Å²) in [5.41, 5.74) is 0. The van der Waals surface area contributed by atoms with E-state index in [1.807, 2.05) is 0 Å². The summed E-state index contributed by atoms with van der Waals surface area (Å²) in [6.07, 6.45) is 1.61. The van der Waals surface area contributed by atoms with E-state index in [1.54, 1.807) is 18.3 Å². The Balaban J connectivity index is 2.05. The molecule has 0 bridgehead atoms. The van der Waals surface area contributed by atoms with Gasteiger partial charge in [-0.3, -0.25) is 4.79 Å². The first kappa shape index (κ1) is 11.4. The van der Waals surface area contributed by atoms with Gasteiger partial charge in [0.2, 0.25) is 5.91 Å². The summed E-state index contributed by atoms with van der Waals surface area (Å²) in [5, 5.41) is 6.42. The van der Waals surface area contributed by atoms with E-state index in [9.17, 15) is 4.79 Å². The molecule has 1 aliphatic rings. The average Bonchev–Trinajstić information content (AvgIpc) is 2.68. The maximum atomic E-state index is 11.9. The fraction of sp³-hybridized carbons (Fsp3) is 0.455. The van der Waals surface area contributed by atoms with Crippen LogP contribution in [0.4, 0.5) is 5.82 Å². The molecule has 0 aromatic carbocycles. The Kier molecular flexibility index (Phi) is 3.41. The topological polar surface area (TPSA) is 54.0 Å². The van der Waals surface area contributed by atoms with Gasteiger partial charge in [-0.15, -0.1) is 0 Å². The van der Waals surface area contributed by atoms with Crippen molar-refractivity contribution in [3.8, 4) is 0 Å². The quantitative estimate of drug-likeness (QED) is 0.823. The molecule has 2 atom stereocenters. The molecule has 86 valence electrons. The number of hydrogen-bond donors (Lipinski definition) is 2. The lowest BCUT2D eigenvalue weighted by Crippen LogP contribution is -2.28. The summed E-state index contributed by atoms with van der Waals surface area (Å²) < 4.78 is 0. The standard InChI is InChI=1S/C11H14ClN3O/c1-7-5-13-6-8(7)11(16)15-10-9(12)3-2-4-14-10/h2-4,7-8,13H,5-6H2,1H3,(H,14,15,16). The molecule has 2 heterocycles. The van der Waals surface area contributed by atoms with E-state index < -0.39 is 0 Å². The second-order valence-electron chi connectivity index (χ2n) is 4.07. The molecule has 0 saturated carbocycles. The summed E-state index contributed by atoms with van der Waals surface area (Å²) >= 11 is 5.92. The molecule has 1 amide bonds. The lowest BCUT2D eigenvalue weighted by atomic mass is 9.97. The van der Waals surface area contributed by atoms with E-state index in [0.717, 1.165) is 13.1 Å². The fourth-order valence-electron chi connectivity index (χ4n) is 1.85.